The molecule has 1 aromatic rings. The summed E-state index contributed by atoms with van der Waals surface area (Å²) in [4.78, 5) is 5.25. The summed E-state index contributed by atoms with van der Waals surface area (Å²) >= 11 is 6.09. The highest BCUT2D eigenvalue weighted by Gasteiger charge is 2.42. The Bertz CT molecular complexity index is 703. The third-order valence-corrected chi connectivity index (χ3v) is 6.36. The predicted octanol–water partition coefficient (Wildman–Crippen LogP) is 4.51. The first-order valence-electron chi connectivity index (χ1n) is 10.1. The molecule has 0 spiro atoms. The van der Waals surface area contributed by atoms with Gasteiger partial charge in [0.25, 0.3) is 5.84 Å². The van der Waals surface area contributed by atoms with Crippen molar-refractivity contribution >= 4 is 17.4 Å². The second-order valence-corrected chi connectivity index (χ2v) is 9.02. The summed E-state index contributed by atoms with van der Waals surface area (Å²) < 4.78 is 2.60. The summed E-state index contributed by atoms with van der Waals surface area (Å²) in [6.45, 7) is 10.6. The minimum Gasteiger partial charge on any atom is -0.374 e. The first kappa shape index (κ1) is 17.9. The Morgan fingerprint density at radius 1 is 1.00 bits per heavy atom. The Balaban J connectivity index is 1.70. The molecule has 0 saturated carbocycles. The van der Waals surface area contributed by atoms with Crippen LogP contribution >= 0.6 is 11.6 Å². The lowest BCUT2D eigenvalue weighted by molar-refractivity contribution is -0.511. The van der Waals surface area contributed by atoms with E-state index in [0.29, 0.717) is 0 Å². The zero-order valence-corrected chi connectivity index (χ0v) is 16.9. The van der Waals surface area contributed by atoms with Crippen LogP contribution in [0, 0.1) is 0 Å². The van der Waals surface area contributed by atoms with E-state index in [2.05, 4.69) is 46.4 Å². The maximum atomic E-state index is 6.09. The van der Waals surface area contributed by atoms with Gasteiger partial charge in [-0.15, -0.1) is 0 Å². The molecule has 0 aromatic heterocycles. The van der Waals surface area contributed by atoms with Gasteiger partial charge in [0, 0.05) is 36.3 Å². The van der Waals surface area contributed by atoms with Gasteiger partial charge < -0.3 is 4.90 Å². The molecule has 0 bridgehead atoms. The Morgan fingerprint density at radius 2 is 1.65 bits per heavy atom. The minimum atomic E-state index is 0.115. The molecule has 0 aliphatic carbocycles. The highest BCUT2D eigenvalue weighted by atomic mass is 35.5. The zero-order valence-electron chi connectivity index (χ0n) is 16.2. The molecule has 0 atom stereocenters. The Hall–Kier alpha value is -1.48. The van der Waals surface area contributed by atoms with Crippen molar-refractivity contribution in [3.63, 3.8) is 0 Å². The smallest absolute Gasteiger partial charge is 0.274 e. The van der Waals surface area contributed by atoms with Crippen molar-refractivity contribution < 1.29 is 4.58 Å². The third kappa shape index (κ3) is 3.64. The van der Waals surface area contributed by atoms with Crippen molar-refractivity contribution in [1.82, 2.24) is 9.80 Å². The lowest BCUT2D eigenvalue weighted by atomic mass is 9.90. The topological polar surface area (TPSA) is 9.49 Å². The van der Waals surface area contributed by atoms with Crippen LogP contribution in [-0.4, -0.2) is 51.9 Å². The number of nitrogens with zero attached hydrogens (tertiary/aromatic N) is 3. The number of halogens is 1. The summed E-state index contributed by atoms with van der Waals surface area (Å²) in [5, 5.41) is 0.812. The molecular formula is C22H31ClN3+. The molecule has 0 amide bonds. The second-order valence-electron chi connectivity index (χ2n) is 8.58. The van der Waals surface area contributed by atoms with Gasteiger partial charge in [0.05, 0.1) is 13.1 Å². The van der Waals surface area contributed by atoms with E-state index in [4.69, 9.17) is 11.6 Å². The third-order valence-electron chi connectivity index (χ3n) is 6.11. The first-order valence-corrected chi connectivity index (χ1v) is 10.5. The van der Waals surface area contributed by atoms with Crippen molar-refractivity contribution in [3.05, 3.63) is 46.6 Å². The van der Waals surface area contributed by atoms with Crippen molar-refractivity contribution in [1.29, 1.82) is 0 Å². The van der Waals surface area contributed by atoms with Crippen LogP contribution in [0.15, 0.2) is 36.0 Å². The van der Waals surface area contributed by atoms with Gasteiger partial charge in [-0.3, -0.25) is 9.48 Å². The van der Waals surface area contributed by atoms with Gasteiger partial charge in [0.15, 0.2) is 0 Å². The zero-order chi connectivity index (χ0) is 18.1. The van der Waals surface area contributed by atoms with Crippen LogP contribution < -0.4 is 0 Å². The highest BCUT2D eigenvalue weighted by Crippen LogP contribution is 2.34. The molecule has 4 rings (SSSR count). The summed E-state index contributed by atoms with van der Waals surface area (Å²) in [6.07, 6.45) is 8.92. The van der Waals surface area contributed by atoms with E-state index in [-0.39, 0.29) is 5.54 Å². The predicted molar refractivity (Wildman–Crippen MR) is 109 cm³/mol. The average molecular weight is 373 g/mol. The minimum absolute atomic E-state index is 0.115. The maximum absolute atomic E-state index is 6.09. The number of hydrogen-bond acceptors (Lipinski definition) is 1. The van der Waals surface area contributed by atoms with Gasteiger partial charge in [0.2, 0.25) is 0 Å². The largest absolute Gasteiger partial charge is 0.374 e. The molecule has 2 fully saturated rings. The lowest BCUT2D eigenvalue weighted by Crippen LogP contribution is -2.53. The first-order chi connectivity index (χ1) is 12.5. The van der Waals surface area contributed by atoms with Crippen LogP contribution in [0.1, 0.15) is 51.5 Å². The van der Waals surface area contributed by atoms with Gasteiger partial charge in [-0.25, -0.2) is 0 Å². The van der Waals surface area contributed by atoms with Crippen LogP contribution in [0.2, 0.25) is 5.02 Å². The molecule has 0 unspecified atom stereocenters. The van der Waals surface area contributed by atoms with Crippen molar-refractivity contribution in [3.8, 4) is 0 Å². The Morgan fingerprint density at radius 3 is 2.31 bits per heavy atom. The van der Waals surface area contributed by atoms with Crippen molar-refractivity contribution in [2.75, 3.05) is 26.2 Å². The number of rotatable bonds is 3. The normalized spacial score (nSPS) is 23.0. The number of likely N-dealkylation sites (tertiary alicyclic amines) is 1. The second kappa shape index (κ2) is 7.26. The Kier molecular flexibility index (Phi) is 5.00. The van der Waals surface area contributed by atoms with E-state index >= 15 is 0 Å². The van der Waals surface area contributed by atoms with E-state index in [1.165, 1.54) is 63.3 Å². The molecule has 1 aromatic carbocycles. The fourth-order valence-electron chi connectivity index (χ4n) is 4.61. The molecule has 140 valence electrons. The Labute approximate surface area is 162 Å². The molecule has 0 radical (unpaired) electrons. The van der Waals surface area contributed by atoms with Gasteiger partial charge >= 0.3 is 0 Å². The fourth-order valence-corrected chi connectivity index (χ4v) is 4.74. The molecule has 4 heteroatoms. The fraction of sp³-hybridized carbons (Fsp3) is 0.591. The van der Waals surface area contributed by atoms with E-state index in [0.717, 1.165) is 18.0 Å². The highest BCUT2D eigenvalue weighted by molar-refractivity contribution is 6.30. The number of benzene rings is 1. The van der Waals surface area contributed by atoms with Gasteiger partial charge in [0.1, 0.15) is 12.1 Å². The van der Waals surface area contributed by atoms with E-state index in [1.54, 1.807) is 5.70 Å². The summed E-state index contributed by atoms with van der Waals surface area (Å²) in [5.74, 6) is 1.43. The van der Waals surface area contributed by atoms with Crippen molar-refractivity contribution in [2.24, 2.45) is 0 Å². The quantitative estimate of drug-likeness (QED) is 0.722. The number of amidine groups is 1. The van der Waals surface area contributed by atoms with Crippen molar-refractivity contribution in [2.45, 2.75) is 58.0 Å². The molecular weight excluding hydrogens is 342 g/mol. The van der Waals surface area contributed by atoms with Crippen LogP contribution in [0.4, 0.5) is 0 Å². The van der Waals surface area contributed by atoms with Crippen LogP contribution in [0.3, 0.4) is 0 Å². The molecule has 0 N–H and O–H groups in total. The summed E-state index contributed by atoms with van der Waals surface area (Å²) in [5.41, 5.74) is 2.99. The lowest BCUT2D eigenvalue weighted by Gasteiger charge is -2.41. The average Bonchev–Trinajstić information content (AvgIpc) is 3.31. The van der Waals surface area contributed by atoms with E-state index in [1.807, 2.05) is 12.1 Å². The van der Waals surface area contributed by atoms with Crippen LogP contribution in [0.25, 0.3) is 0 Å². The summed E-state index contributed by atoms with van der Waals surface area (Å²) in [7, 11) is 0. The standard InChI is InChI=1S/C22H31ClN3/c1-22(2)16-20(24-11-3-4-12-24)15-21(25-13-5-6-14-25)26(22)17-18-7-9-19(23)10-8-18/h7-10,15H,3-6,11-14,16-17H2,1-2H3/q+1. The van der Waals surface area contributed by atoms with E-state index in [9.17, 15) is 0 Å². The molecule has 3 nitrogen and oxygen atoms in total. The van der Waals surface area contributed by atoms with Gasteiger partial charge in [-0.2, -0.15) is 0 Å². The monoisotopic (exact) mass is 372 g/mol. The van der Waals surface area contributed by atoms with E-state index < -0.39 is 0 Å². The van der Waals surface area contributed by atoms with Crippen LogP contribution in [0.5, 0.6) is 0 Å². The van der Waals surface area contributed by atoms with Gasteiger partial charge in [-0.1, -0.05) is 23.7 Å². The molecule has 3 heterocycles. The molecule has 26 heavy (non-hydrogen) atoms. The van der Waals surface area contributed by atoms with Crippen LogP contribution in [-0.2, 0) is 6.54 Å². The molecule has 3 aliphatic heterocycles. The maximum Gasteiger partial charge on any atom is 0.274 e. The van der Waals surface area contributed by atoms with Gasteiger partial charge in [-0.05, 0) is 57.2 Å². The molecule has 3 aliphatic rings. The summed E-state index contributed by atoms with van der Waals surface area (Å²) in [6, 6.07) is 8.35. The molecule has 2 saturated heterocycles. The number of hydrogen-bond donors (Lipinski definition) is 0. The SMILES string of the molecule is CC1(C)CC(N2CCCC2)=CC(=[N+]2CCCC2)N1Cc1ccc(Cl)cc1.